The summed E-state index contributed by atoms with van der Waals surface area (Å²) in [5.74, 6) is 1.31. The van der Waals surface area contributed by atoms with Crippen molar-refractivity contribution < 1.29 is 4.21 Å². The Morgan fingerprint density at radius 2 is 2.10 bits per heavy atom. The molecule has 1 aliphatic rings. The first-order valence-electron chi connectivity index (χ1n) is 7.81. The Balaban J connectivity index is 2.29. The predicted octanol–water partition coefficient (Wildman–Crippen LogP) is 3.45. The van der Waals surface area contributed by atoms with Crippen LogP contribution in [0.4, 0.5) is 0 Å². The molecule has 0 spiro atoms. The number of nitrogens with one attached hydrogen (secondary N) is 1. The van der Waals surface area contributed by atoms with Crippen LogP contribution >= 0.6 is 0 Å². The van der Waals surface area contributed by atoms with Gasteiger partial charge in [0.25, 0.3) is 0 Å². The molecule has 3 unspecified atom stereocenters. The predicted molar refractivity (Wildman–Crippen MR) is 87.4 cm³/mol. The van der Waals surface area contributed by atoms with E-state index in [1.807, 2.05) is 0 Å². The fraction of sp³-hybridized carbons (Fsp3) is 0.647. The van der Waals surface area contributed by atoms with Gasteiger partial charge < -0.3 is 5.32 Å². The number of hydrogen-bond donors (Lipinski definition) is 1. The molecule has 20 heavy (non-hydrogen) atoms. The zero-order valence-corrected chi connectivity index (χ0v) is 13.7. The van der Waals surface area contributed by atoms with Crippen molar-refractivity contribution in [2.75, 3.05) is 12.3 Å². The molecule has 3 heteroatoms. The highest BCUT2D eigenvalue weighted by atomic mass is 32.2. The second-order valence-corrected chi connectivity index (χ2v) is 7.81. The summed E-state index contributed by atoms with van der Waals surface area (Å²) < 4.78 is 12.7. The molecular formula is C17H27NOS. The fourth-order valence-corrected chi connectivity index (χ4v) is 5.00. The Hall–Kier alpha value is -0.670. The van der Waals surface area contributed by atoms with E-state index in [1.165, 1.54) is 11.1 Å². The van der Waals surface area contributed by atoms with Crippen LogP contribution < -0.4 is 5.32 Å². The van der Waals surface area contributed by atoms with E-state index in [9.17, 15) is 4.21 Å². The summed E-state index contributed by atoms with van der Waals surface area (Å²) in [7, 11) is -0.749. The molecule has 0 saturated carbocycles. The van der Waals surface area contributed by atoms with Gasteiger partial charge in [-0.1, -0.05) is 45.0 Å². The van der Waals surface area contributed by atoms with Gasteiger partial charge in [0, 0.05) is 22.6 Å². The van der Waals surface area contributed by atoms with Gasteiger partial charge in [-0.3, -0.25) is 4.21 Å². The molecular weight excluding hydrogens is 266 g/mol. The fourth-order valence-electron chi connectivity index (χ4n) is 3.12. The zero-order chi connectivity index (χ0) is 14.5. The Morgan fingerprint density at radius 1 is 1.35 bits per heavy atom. The van der Waals surface area contributed by atoms with Crippen molar-refractivity contribution in [2.24, 2.45) is 5.92 Å². The average molecular weight is 293 g/mol. The average Bonchev–Trinajstić information content (AvgIpc) is 2.59. The van der Waals surface area contributed by atoms with Crippen LogP contribution in [0.25, 0.3) is 0 Å². The molecule has 0 fully saturated rings. The Bertz CT molecular complexity index is 458. The largest absolute Gasteiger partial charge is 0.309 e. The SMILES string of the molecule is CCNC1c2ccccc2CCCC1S(=O)CC(C)C. The van der Waals surface area contributed by atoms with E-state index in [1.54, 1.807) is 0 Å². The van der Waals surface area contributed by atoms with Crippen molar-refractivity contribution in [3.05, 3.63) is 35.4 Å². The number of hydrogen-bond acceptors (Lipinski definition) is 2. The van der Waals surface area contributed by atoms with E-state index < -0.39 is 10.8 Å². The first kappa shape index (κ1) is 15.7. The summed E-state index contributed by atoms with van der Waals surface area (Å²) >= 11 is 0. The van der Waals surface area contributed by atoms with Gasteiger partial charge in [0.15, 0.2) is 0 Å². The van der Waals surface area contributed by atoms with Crippen LogP contribution in [0, 0.1) is 5.92 Å². The third kappa shape index (κ3) is 3.70. The first-order valence-corrected chi connectivity index (χ1v) is 9.20. The van der Waals surface area contributed by atoms with E-state index in [-0.39, 0.29) is 11.3 Å². The smallest absolute Gasteiger partial charge is 0.0543 e. The van der Waals surface area contributed by atoms with Crippen molar-refractivity contribution in [3.8, 4) is 0 Å². The summed E-state index contributed by atoms with van der Waals surface area (Å²) in [6, 6.07) is 8.92. The van der Waals surface area contributed by atoms with Gasteiger partial charge in [0.1, 0.15) is 0 Å². The third-order valence-electron chi connectivity index (χ3n) is 3.96. The minimum Gasteiger partial charge on any atom is -0.309 e. The normalized spacial score (nSPS) is 24.2. The summed E-state index contributed by atoms with van der Waals surface area (Å²) in [5, 5.41) is 3.84. The minimum atomic E-state index is -0.749. The van der Waals surface area contributed by atoms with Gasteiger partial charge in [-0.15, -0.1) is 0 Å². The molecule has 1 aromatic carbocycles. The molecule has 1 aliphatic carbocycles. The summed E-state index contributed by atoms with van der Waals surface area (Å²) in [6.45, 7) is 7.37. The Kier molecular flexibility index (Phi) is 5.79. The third-order valence-corrected chi connectivity index (χ3v) is 6.13. The first-order chi connectivity index (χ1) is 9.63. The molecule has 3 atom stereocenters. The maximum Gasteiger partial charge on any atom is 0.0543 e. The summed E-state index contributed by atoms with van der Waals surface area (Å²) in [5.41, 5.74) is 2.80. The van der Waals surface area contributed by atoms with Gasteiger partial charge >= 0.3 is 0 Å². The molecule has 2 rings (SSSR count). The molecule has 1 aromatic rings. The van der Waals surface area contributed by atoms with Crippen molar-refractivity contribution in [3.63, 3.8) is 0 Å². The molecule has 112 valence electrons. The molecule has 0 amide bonds. The van der Waals surface area contributed by atoms with E-state index in [4.69, 9.17) is 0 Å². The van der Waals surface area contributed by atoms with Crippen LogP contribution in [-0.2, 0) is 17.2 Å². The van der Waals surface area contributed by atoms with Gasteiger partial charge in [0.2, 0.25) is 0 Å². The number of rotatable bonds is 5. The molecule has 0 bridgehead atoms. The maximum absolute atomic E-state index is 12.7. The van der Waals surface area contributed by atoms with Crippen molar-refractivity contribution >= 4 is 10.8 Å². The quantitative estimate of drug-likeness (QED) is 0.843. The standard InChI is InChI=1S/C17H27NOS/c1-4-18-17-15-10-6-5-8-14(15)9-7-11-16(17)20(19)12-13(2)3/h5-6,8,10,13,16-18H,4,7,9,11-12H2,1-3H3. The van der Waals surface area contributed by atoms with E-state index in [0.29, 0.717) is 5.92 Å². The second kappa shape index (κ2) is 7.37. The number of fused-ring (bicyclic) bond motifs is 1. The van der Waals surface area contributed by atoms with Crippen LogP contribution in [0.3, 0.4) is 0 Å². The van der Waals surface area contributed by atoms with Gasteiger partial charge in [0.05, 0.1) is 5.25 Å². The molecule has 0 aromatic heterocycles. The zero-order valence-electron chi connectivity index (χ0n) is 12.9. The van der Waals surface area contributed by atoms with Crippen LogP contribution in [-0.4, -0.2) is 21.8 Å². The molecule has 0 saturated heterocycles. The monoisotopic (exact) mass is 293 g/mol. The molecule has 0 heterocycles. The Morgan fingerprint density at radius 3 is 2.80 bits per heavy atom. The molecule has 0 aliphatic heterocycles. The lowest BCUT2D eigenvalue weighted by Crippen LogP contribution is -2.36. The number of aryl methyl sites for hydroxylation is 1. The van der Waals surface area contributed by atoms with Crippen molar-refractivity contribution in [2.45, 2.75) is 51.3 Å². The second-order valence-electron chi connectivity index (χ2n) is 6.11. The highest BCUT2D eigenvalue weighted by Crippen LogP contribution is 2.32. The highest BCUT2D eigenvalue weighted by molar-refractivity contribution is 7.85. The van der Waals surface area contributed by atoms with Crippen LogP contribution in [0.1, 0.15) is 50.8 Å². The van der Waals surface area contributed by atoms with Gasteiger partial charge in [-0.25, -0.2) is 0 Å². The van der Waals surface area contributed by atoms with Crippen LogP contribution in [0.15, 0.2) is 24.3 Å². The van der Waals surface area contributed by atoms with Gasteiger partial charge in [-0.05, 0) is 42.9 Å². The minimum absolute atomic E-state index is 0.248. The maximum atomic E-state index is 12.7. The Labute approximate surface area is 125 Å². The molecule has 2 nitrogen and oxygen atoms in total. The lowest BCUT2D eigenvalue weighted by molar-refractivity contribution is 0.502. The highest BCUT2D eigenvalue weighted by Gasteiger charge is 2.31. The molecule has 0 radical (unpaired) electrons. The topological polar surface area (TPSA) is 29.1 Å². The van der Waals surface area contributed by atoms with Crippen molar-refractivity contribution in [1.29, 1.82) is 0 Å². The van der Waals surface area contributed by atoms with E-state index in [0.717, 1.165) is 31.6 Å². The summed E-state index contributed by atoms with van der Waals surface area (Å²) in [4.78, 5) is 0. The van der Waals surface area contributed by atoms with Crippen molar-refractivity contribution in [1.82, 2.24) is 5.32 Å². The number of benzene rings is 1. The van der Waals surface area contributed by atoms with E-state index in [2.05, 4.69) is 50.4 Å². The van der Waals surface area contributed by atoms with Crippen LogP contribution in [0.5, 0.6) is 0 Å². The van der Waals surface area contributed by atoms with Crippen LogP contribution in [0.2, 0.25) is 0 Å². The summed E-state index contributed by atoms with van der Waals surface area (Å²) in [6.07, 6.45) is 3.33. The van der Waals surface area contributed by atoms with Gasteiger partial charge in [-0.2, -0.15) is 0 Å². The molecule has 1 N–H and O–H groups in total. The lowest BCUT2D eigenvalue weighted by atomic mass is 9.99. The van der Waals surface area contributed by atoms with E-state index >= 15 is 0 Å². The lowest BCUT2D eigenvalue weighted by Gasteiger charge is -2.27.